The molecule has 1 atom stereocenters. The van der Waals surface area contributed by atoms with Gasteiger partial charge in [0.25, 0.3) is 5.89 Å². The third-order valence-electron chi connectivity index (χ3n) is 2.00. The molecule has 7 heteroatoms. The van der Waals surface area contributed by atoms with Gasteiger partial charge in [-0.2, -0.15) is 0 Å². The number of carbonyl (C=O) groups is 1. The highest BCUT2D eigenvalue weighted by atomic mass is 16.5. The molecule has 0 saturated heterocycles. The average molecular weight is 238 g/mol. The molecule has 0 amide bonds. The molecular weight excluding hydrogens is 228 g/mol. The number of aliphatic carboxylic acids is 1. The van der Waals surface area contributed by atoms with Crippen molar-refractivity contribution in [2.24, 2.45) is 0 Å². The van der Waals surface area contributed by atoms with E-state index in [1.165, 1.54) is 13.2 Å². The van der Waals surface area contributed by atoms with Crippen molar-refractivity contribution in [2.75, 3.05) is 0 Å². The van der Waals surface area contributed by atoms with Crippen LogP contribution in [0.4, 0.5) is 0 Å². The summed E-state index contributed by atoms with van der Waals surface area (Å²) in [4.78, 5) is 10.5. The standard InChI is InChI=1S/C10H10N2O5/c1-6(10(13)14)16-5-8-11-12-9(17-8)7-3-2-4-15-7/h2-4,6H,5H2,1H3,(H,13,14). The van der Waals surface area contributed by atoms with Gasteiger partial charge in [0.2, 0.25) is 5.89 Å². The molecule has 1 N–H and O–H groups in total. The van der Waals surface area contributed by atoms with Crippen LogP contribution in [0, 0.1) is 0 Å². The molecule has 0 spiro atoms. The summed E-state index contributed by atoms with van der Waals surface area (Å²) in [6.45, 7) is 1.37. The highest BCUT2D eigenvalue weighted by Crippen LogP contribution is 2.18. The molecule has 0 bridgehead atoms. The summed E-state index contributed by atoms with van der Waals surface area (Å²) in [6, 6.07) is 3.38. The van der Waals surface area contributed by atoms with Gasteiger partial charge in [0, 0.05) is 0 Å². The molecule has 0 saturated carbocycles. The van der Waals surface area contributed by atoms with Crippen molar-refractivity contribution in [3.63, 3.8) is 0 Å². The predicted octanol–water partition coefficient (Wildman–Crippen LogP) is 1.32. The lowest BCUT2D eigenvalue weighted by molar-refractivity contribution is -0.150. The van der Waals surface area contributed by atoms with Crippen molar-refractivity contribution in [2.45, 2.75) is 19.6 Å². The van der Waals surface area contributed by atoms with Gasteiger partial charge in [0.1, 0.15) is 6.61 Å². The second kappa shape index (κ2) is 4.79. The normalized spacial score (nSPS) is 12.5. The van der Waals surface area contributed by atoms with Crippen LogP contribution in [-0.4, -0.2) is 27.4 Å². The van der Waals surface area contributed by atoms with Crippen molar-refractivity contribution >= 4 is 5.97 Å². The highest BCUT2D eigenvalue weighted by molar-refractivity contribution is 5.71. The topological polar surface area (TPSA) is 98.6 Å². The Balaban J connectivity index is 1.97. The van der Waals surface area contributed by atoms with Gasteiger partial charge in [-0.3, -0.25) is 0 Å². The molecule has 90 valence electrons. The number of carboxylic acid groups (broad SMARTS) is 1. The summed E-state index contributed by atoms with van der Waals surface area (Å²) in [5, 5.41) is 16.1. The number of hydrogen-bond donors (Lipinski definition) is 1. The van der Waals surface area contributed by atoms with Gasteiger partial charge in [0.05, 0.1) is 6.26 Å². The lowest BCUT2D eigenvalue weighted by atomic mass is 10.4. The minimum atomic E-state index is -1.05. The molecule has 0 aromatic carbocycles. The van der Waals surface area contributed by atoms with E-state index in [1.54, 1.807) is 12.1 Å². The minimum Gasteiger partial charge on any atom is -0.479 e. The first-order valence-electron chi connectivity index (χ1n) is 4.87. The molecule has 2 heterocycles. The fourth-order valence-corrected chi connectivity index (χ4v) is 1.08. The smallest absolute Gasteiger partial charge is 0.332 e. The first kappa shape index (κ1) is 11.3. The van der Waals surface area contributed by atoms with Gasteiger partial charge in [-0.1, -0.05) is 0 Å². The Kier molecular flexibility index (Phi) is 3.20. The van der Waals surface area contributed by atoms with Crippen LogP contribution in [0.25, 0.3) is 11.7 Å². The highest BCUT2D eigenvalue weighted by Gasteiger charge is 2.15. The Morgan fingerprint density at radius 1 is 1.59 bits per heavy atom. The van der Waals surface area contributed by atoms with Gasteiger partial charge >= 0.3 is 5.97 Å². The SMILES string of the molecule is CC(OCc1nnc(-c2ccco2)o1)C(=O)O. The van der Waals surface area contributed by atoms with Gasteiger partial charge in [0.15, 0.2) is 11.9 Å². The Morgan fingerprint density at radius 2 is 2.41 bits per heavy atom. The zero-order valence-corrected chi connectivity index (χ0v) is 8.99. The van der Waals surface area contributed by atoms with E-state index in [1.807, 2.05) is 0 Å². The van der Waals surface area contributed by atoms with Crippen LogP contribution >= 0.6 is 0 Å². The number of rotatable bonds is 5. The van der Waals surface area contributed by atoms with Crippen molar-refractivity contribution in [3.05, 3.63) is 24.3 Å². The van der Waals surface area contributed by atoms with E-state index in [-0.39, 0.29) is 18.4 Å². The van der Waals surface area contributed by atoms with Crippen LogP contribution in [0.5, 0.6) is 0 Å². The molecule has 17 heavy (non-hydrogen) atoms. The van der Waals surface area contributed by atoms with Gasteiger partial charge < -0.3 is 18.7 Å². The first-order chi connectivity index (χ1) is 8.16. The van der Waals surface area contributed by atoms with Crippen LogP contribution in [0.1, 0.15) is 12.8 Å². The minimum absolute atomic E-state index is 0.0544. The number of nitrogens with zero attached hydrogens (tertiary/aromatic N) is 2. The summed E-state index contributed by atoms with van der Waals surface area (Å²) in [7, 11) is 0. The van der Waals surface area contributed by atoms with Crippen molar-refractivity contribution < 1.29 is 23.5 Å². The summed E-state index contributed by atoms with van der Waals surface area (Å²) < 4.78 is 15.3. The van der Waals surface area contributed by atoms with E-state index in [9.17, 15) is 4.79 Å². The maximum absolute atomic E-state index is 10.5. The van der Waals surface area contributed by atoms with Crippen LogP contribution in [0.3, 0.4) is 0 Å². The molecule has 2 rings (SSSR count). The summed E-state index contributed by atoms with van der Waals surface area (Å²) in [5.74, 6) is -0.160. The predicted molar refractivity (Wildman–Crippen MR) is 53.9 cm³/mol. The third-order valence-corrected chi connectivity index (χ3v) is 2.00. The van der Waals surface area contributed by atoms with Gasteiger partial charge in [-0.15, -0.1) is 10.2 Å². The lowest BCUT2D eigenvalue weighted by Gasteiger charge is -2.04. The fourth-order valence-electron chi connectivity index (χ4n) is 1.08. The summed E-state index contributed by atoms with van der Waals surface area (Å²) in [6.07, 6.45) is 0.566. The Hall–Kier alpha value is -2.15. The summed E-state index contributed by atoms with van der Waals surface area (Å²) >= 11 is 0. The molecule has 7 nitrogen and oxygen atoms in total. The van der Waals surface area contributed by atoms with E-state index in [2.05, 4.69) is 10.2 Å². The molecule has 1 unspecified atom stereocenters. The van der Waals surface area contributed by atoms with Crippen molar-refractivity contribution in [1.82, 2.24) is 10.2 Å². The maximum atomic E-state index is 10.5. The van der Waals surface area contributed by atoms with E-state index in [0.29, 0.717) is 5.76 Å². The molecule has 2 aromatic rings. The zero-order valence-electron chi connectivity index (χ0n) is 8.99. The van der Waals surface area contributed by atoms with Crippen LogP contribution in [0.2, 0.25) is 0 Å². The molecule has 0 aliphatic carbocycles. The number of ether oxygens (including phenoxy) is 1. The Labute approximate surface area is 96.0 Å². The van der Waals surface area contributed by atoms with Crippen LogP contribution in [0.15, 0.2) is 27.2 Å². The molecule has 2 aromatic heterocycles. The molecule has 0 aliphatic heterocycles. The Bertz CT molecular complexity index is 491. The number of aromatic nitrogens is 2. The first-order valence-corrected chi connectivity index (χ1v) is 4.87. The second-order valence-corrected chi connectivity index (χ2v) is 3.27. The molecule has 0 fully saturated rings. The number of hydrogen-bond acceptors (Lipinski definition) is 6. The van der Waals surface area contributed by atoms with Crippen LogP contribution < -0.4 is 0 Å². The van der Waals surface area contributed by atoms with Gasteiger partial charge in [-0.25, -0.2) is 4.79 Å². The average Bonchev–Trinajstić information content (AvgIpc) is 2.95. The maximum Gasteiger partial charge on any atom is 0.332 e. The summed E-state index contributed by atoms with van der Waals surface area (Å²) in [5.41, 5.74) is 0. The number of furan rings is 1. The van der Waals surface area contributed by atoms with E-state index >= 15 is 0 Å². The fraction of sp³-hybridized carbons (Fsp3) is 0.300. The van der Waals surface area contributed by atoms with E-state index < -0.39 is 12.1 Å². The van der Waals surface area contributed by atoms with Crippen molar-refractivity contribution in [3.8, 4) is 11.7 Å². The Morgan fingerprint density at radius 3 is 3.06 bits per heavy atom. The quantitative estimate of drug-likeness (QED) is 0.838. The molecular formula is C10H10N2O5. The lowest BCUT2D eigenvalue weighted by Crippen LogP contribution is -2.19. The van der Waals surface area contributed by atoms with E-state index in [0.717, 1.165) is 0 Å². The van der Waals surface area contributed by atoms with Crippen LogP contribution in [-0.2, 0) is 16.1 Å². The van der Waals surface area contributed by atoms with Crippen molar-refractivity contribution in [1.29, 1.82) is 0 Å². The van der Waals surface area contributed by atoms with Gasteiger partial charge in [-0.05, 0) is 19.1 Å². The molecule has 0 radical (unpaired) electrons. The second-order valence-electron chi connectivity index (χ2n) is 3.27. The zero-order chi connectivity index (χ0) is 12.3. The van der Waals surface area contributed by atoms with E-state index in [4.69, 9.17) is 18.7 Å². The monoisotopic (exact) mass is 238 g/mol. The number of carboxylic acids is 1. The molecule has 0 aliphatic rings. The third kappa shape index (κ3) is 2.70. The largest absolute Gasteiger partial charge is 0.479 e.